The van der Waals surface area contributed by atoms with Crippen LogP contribution in [0.15, 0.2) is 23.4 Å². The summed E-state index contributed by atoms with van der Waals surface area (Å²) in [7, 11) is -1.45. The van der Waals surface area contributed by atoms with E-state index in [4.69, 9.17) is 5.11 Å². The van der Waals surface area contributed by atoms with Crippen LogP contribution in [-0.2, 0) is 16.6 Å². The molecule has 0 radical (unpaired) electrons. The molecule has 0 aliphatic carbocycles. The van der Waals surface area contributed by atoms with Crippen molar-refractivity contribution >= 4 is 10.0 Å². The average Bonchev–Trinajstić information content (AvgIpc) is 2.71. The van der Waals surface area contributed by atoms with Crippen LogP contribution in [0.2, 0.25) is 0 Å². The Bertz CT molecular complexity index is 602. The van der Waals surface area contributed by atoms with Crippen LogP contribution in [0.25, 0.3) is 0 Å². The summed E-state index contributed by atoms with van der Waals surface area (Å²) < 4.78 is 27.0. The van der Waals surface area contributed by atoms with Crippen LogP contribution in [0.1, 0.15) is 24.8 Å². The number of sulfonamides is 1. The second-order valence-electron chi connectivity index (χ2n) is 5.86. The number of fused-ring (bicyclic) bond motifs is 2. The topological polar surface area (TPSA) is 73.7 Å². The van der Waals surface area contributed by atoms with Crippen molar-refractivity contribution in [2.45, 2.75) is 43.0 Å². The highest BCUT2D eigenvalue weighted by molar-refractivity contribution is 7.89. The van der Waals surface area contributed by atoms with Gasteiger partial charge >= 0.3 is 0 Å². The third-order valence-corrected chi connectivity index (χ3v) is 6.48. The molecule has 2 aliphatic rings. The Balaban J connectivity index is 1.84. The summed E-state index contributed by atoms with van der Waals surface area (Å²) in [6.07, 6.45) is 4.52. The summed E-state index contributed by atoms with van der Waals surface area (Å²) in [4.78, 5) is 6.32. The van der Waals surface area contributed by atoms with E-state index in [1.54, 1.807) is 10.4 Å². The molecule has 2 atom stereocenters. The van der Waals surface area contributed by atoms with Crippen LogP contribution >= 0.6 is 0 Å². The van der Waals surface area contributed by atoms with Gasteiger partial charge in [0.05, 0.1) is 6.61 Å². The molecule has 2 bridgehead atoms. The van der Waals surface area contributed by atoms with Crippen molar-refractivity contribution in [1.82, 2.24) is 14.2 Å². The van der Waals surface area contributed by atoms with Gasteiger partial charge in [-0.15, -0.1) is 0 Å². The van der Waals surface area contributed by atoms with Crippen LogP contribution in [0.3, 0.4) is 0 Å². The largest absolute Gasteiger partial charge is 0.392 e. The van der Waals surface area contributed by atoms with Gasteiger partial charge < -0.3 is 5.11 Å². The summed E-state index contributed by atoms with van der Waals surface area (Å²) in [5, 5.41) is 9.08. The molecule has 21 heavy (non-hydrogen) atoms. The van der Waals surface area contributed by atoms with Crippen molar-refractivity contribution in [3.63, 3.8) is 0 Å². The number of hydrogen-bond acceptors (Lipinski definition) is 5. The standard InChI is InChI=1S/C14H21N3O3S/c1-16-12-3-4-13(16)9-17(7-6-12)21(19,20)14-5-2-11(10-18)8-15-14/h2,5,8,12-13,18H,3-4,6-7,9-10H2,1H3. The number of pyridine rings is 1. The lowest BCUT2D eigenvalue weighted by Crippen LogP contribution is -2.39. The highest BCUT2D eigenvalue weighted by Crippen LogP contribution is 2.30. The van der Waals surface area contributed by atoms with Crippen LogP contribution in [-0.4, -0.2) is 59.9 Å². The number of aromatic nitrogens is 1. The zero-order chi connectivity index (χ0) is 15.0. The SMILES string of the molecule is CN1C2CCC1CN(S(=O)(=O)c1ccc(CO)cn1)CC2. The molecule has 3 rings (SSSR count). The van der Waals surface area contributed by atoms with E-state index in [0.29, 0.717) is 30.7 Å². The second-order valence-corrected chi connectivity index (χ2v) is 7.75. The van der Waals surface area contributed by atoms with E-state index in [2.05, 4.69) is 16.9 Å². The van der Waals surface area contributed by atoms with Gasteiger partial charge in [0.2, 0.25) is 0 Å². The molecule has 6 nitrogen and oxygen atoms in total. The monoisotopic (exact) mass is 311 g/mol. The molecule has 2 unspecified atom stereocenters. The lowest BCUT2D eigenvalue weighted by atomic mass is 10.1. The summed E-state index contributed by atoms with van der Waals surface area (Å²) in [6, 6.07) is 3.90. The van der Waals surface area contributed by atoms with Crippen LogP contribution < -0.4 is 0 Å². The van der Waals surface area contributed by atoms with E-state index in [1.807, 2.05) is 0 Å². The fourth-order valence-corrected chi connectivity index (χ4v) is 4.69. The van der Waals surface area contributed by atoms with Gasteiger partial charge in [-0.2, -0.15) is 4.31 Å². The van der Waals surface area contributed by atoms with Crippen molar-refractivity contribution in [1.29, 1.82) is 0 Å². The van der Waals surface area contributed by atoms with Crippen LogP contribution in [0.5, 0.6) is 0 Å². The first-order chi connectivity index (χ1) is 10.0. The van der Waals surface area contributed by atoms with Crippen molar-refractivity contribution in [2.24, 2.45) is 0 Å². The molecule has 2 fully saturated rings. The minimum absolute atomic E-state index is 0.0696. The zero-order valence-electron chi connectivity index (χ0n) is 12.1. The van der Waals surface area contributed by atoms with Crippen molar-refractivity contribution in [3.8, 4) is 0 Å². The normalized spacial score (nSPS) is 27.7. The lowest BCUT2D eigenvalue weighted by Gasteiger charge is -2.24. The number of likely N-dealkylation sites (N-methyl/N-ethyl adjacent to an activating group) is 1. The Morgan fingerprint density at radius 1 is 1.29 bits per heavy atom. The first-order valence-corrected chi connectivity index (χ1v) is 8.74. The van der Waals surface area contributed by atoms with Gasteiger partial charge in [-0.1, -0.05) is 6.07 Å². The Morgan fingerprint density at radius 3 is 2.71 bits per heavy atom. The van der Waals surface area contributed by atoms with E-state index in [9.17, 15) is 8.42 Å². The Hall–Kier alpha value is -1.02. The molecular formula is C14H21N3O3S. The minimum Gasteiger partial charge on any atom is -0.392 e. The third-order valence-electron chi connectivity index (χ3n) is 4.70. The predicted octanol–water partition coefficient (Wildman–Crippen LogP) is 0.431. The molecule has 1 N–H and O–H groups in total. The van der Waals surface area contributed by atoms with E-state index in [-0.39, 0.29) is 11.6 Å². The molecule has 7 heteroatoms. The number of aliphatic hydroxyl groups is 1. The van der Waals surface area contributed by atoms with Crippen molar-refractivity contribution in [2.75, 3.05) is 20.1 Å². The highest BCUT2D eigenvalue weighted by Gasteiger charge is 2.38. The molecule has 116 valence electrons. The average molecular weight is 311 g/mol. The van der Waals surface area contributed by atoms with Gasteiger partial charge in [0.1, 0.15) is 0 Å². The van der Waals surface area contributed by atoms with E-state index >= 15 is 0 Å². The van der Waals surface area contributed by atoms with E-state index < -0.39 is 10.0 Å². The summed E-state index contributed by atoms with van der Waals surface area (Å²) >= 11 is 0. The summed E-state index contributed by atoms with van der Waals surface area (Å²) in [5.41, 5.74) is 0.614. The van der Waals surface area contributed by atoms with Crippen molar-refractivity contribution < 1.29 is 13.5 Å². The fraction of sp³-hybridized carbons (Fsp3) is 0.643. The number of rotatable bonds is 3. The van der Waals surface area contributed by atoms with Gasteiger partial charge in [-0.3, -0.25) is 4.90 Å². The maximum atomic E-state index is 12.7. The Morgan fingerprint density at radius 2 is 2.05 bits per heavy atom. The highest BCUT2D eigenvalue weighted by atomic mass is 32.2. The molecule has 0 aromatic carbocycles. The lowest BCUT2D eigenvalue weighted by molar-refractivity contribution is 0.246. The molecule has 0 spiro atoms. The molecule has 1 aromatic heterocycles. The fourth-order valence-electron chi connectivity index (χ4n) is 3.29. The molecule has 3 heterocycles. The minimum atomic E-state index is -3.54. The maximum Gasteiger partial charge on any atom is 0.260 e. The molecule has 0 amide bonds. The predicted molar refractivity (Wildman–Crippen MR) is 78.1 cm³/mol. The second kappa shape index (κ2) is 5.64. The molecule has 1 aromatic rings. The Labute approximate surface area is 125 Å². The third kappa shape index (κ3) is 2.70. The van der Waals surface area contributed by atoms with E-state index in [0.717, 1.165) is 12.8 Å². The number of aliphatic hydroxyl groups excluding tert-OH is 1. The summed E-state index contributed by atoms with van der Waals surface area (Å²) in [5.74, 6) is 0. The number of nitrogens with zero attached hydrogens (tertiary/aromatic N) is 3. The summed E-state index contributed by atoms with van der Waals surface area (Å²) in [6.45, 7) is 0.960. The van der Waals surface area contributed by atoms with Gasteiger partial charge in [0, 0.05) is 31.4 Å². The van der Waals surface area contributed by atoms with E-state index in [1.165, 1.54) is 18.7 Å². The Kier molecular flexibility index (Phi) is 4.00. The maximum absolute atomic E-state index is 12.7. The number of hydrogen-bond donors (Lipinski definition) is 1. The molecule has 2 saturated heterocycles. The first kappa shape index (κ1) is 14.9. The molecule has 0 saturated carbocycles. The van der Waals surface area contributed by atoms with Gasteiger partial charge in [-0.25, -0.2) is 13.4 Å². The quantitative estimate of drug-likeness (QED) is 0.876. The zero-order valence-corrected chi connectivity index (χ0v) is 13.0. The van der Waals surface area contributed by atoms with Crippen LogP contribution in [0.4, 0.5) is 0 Å². The van der Waals surface area contributed by atoms with Gasteiger partial charge in [-0.05, 0) is 37.9 Å². The smallest absolute Gasteiger partial charge is 0.260 e. The van der Waals surface area contributed by atoms with Gasteiger partial charge in [0.15, 0.2) is 5.03 Å². The van der Waals surface area contributed by atoms with Gasteiger partial charge in [0.25, 0.3) is 10.0 Å². The van der Waals surface area contributed by atoms with Crippen LogP contribution in [0, 0.1) is 0 Å². The molecular weight excluding hydrogens is 290 g/mol. The molecule has 2 aliphatic heterocycles. The first-order valence-electron chi connectivity index (χ1n) is 7.30. The van der Waals surface area contributed by atoms with Crippen molar-refractivity contribution in [3.05, 3.63) is 23.9 Å².